The minimum absolute atomic E-state index is 0.0181. The molecule has 0 saturated carbocycles. The van der Waals surface area contributed by atoms with E-state index in [0.717, 1.165) is 5.56 Å². The largest absolute Gasteiger partial charge is 0.397 e. The molecule has 21 heavy (non-hydrogen) atoms. The zero-order valence-electron chi connectivity index (χ0n) is 12.3. The van der Waals surface area contributed by atoms with Crippen LogP contribution in [0.2, 0.25) is 5.02 Å². The lowest BCUT2D eigenvalue weighted by Gasteiger charge is -2.19. The summed E-state index contributed by atoms with van der Waals surface area (Å²) >= 11 is 5.96. The lowest BCUT2D eigenvalue weighted by molar-refractivity contribution is -0.118. The van der Waals surface area contributed by atoms with E-state index in [-0.39, 0.29) is 5.91 Å². The predicted octanol–water partition coefficient (Wildman–Crippen LogP) is 3.83. The first kappa shape index (κ1) is 15.4. The minimum atomic E-state index is 0.0181. The van der Waals surface area contributed by atoms with Crippen molar-refractivity contribution in [2.24, 2.45) is 0 Å². The molecule has 4 heteroatoms. The number of benzene rings is 2. The molecule has 0 radical (unpaired) electrons. The van der Waals surface area contributed by atoms with Crippen molar-refractivity contribution in [1.29, 1.82) is 0 Å². The van der Waals surface area contributed by atoms with Gasteiger partial charge in [-0.25, -0.2) is 0 Å². The number of hydrogen-bond donors (Lipinski definition) is 1. The van der Waals surface area contributed by atoms with Crippen LogP contribution in [0.25, 0.3) is 0 Å². The topological polar surface area (TPSA) is 46.3 Å². The zero-order chi connectivity index (χ0) is 15.4. The quantitative estimate of drug-likeness (QED) is 0.873. The Kier molecular flexibility index (Phi) is 4.86. The van der Waals surface area contributed by atoms with Crippen molar-refractivity contribution in [2.45, 2.75) is 19.8 Å². The molecule has 0 heterocycles. The molecule has 0 saturated heterocycles. The standard InChI is InChI=1S/C17H19ClN2O/c1-12-3-5-13(6-4-12)7-10-17(21)20(2)16-11-14(18)8-9-15(16)19/h3-6,8-9,11H,7,10,19H2,1-2H3. The van der Waals surface area contributed by atoms with Gasteiger partial charge >= 0.3 is 0 Å². The van der Waals surface area contributed by atoms with Crippen LogP contribution in [-0.4, -0.2) is 13.0 Å². The second kappa shape index (κ2) is 6.64. The van der Waals surface area contributed by atoms with Gasteiger partial charge in [0.25, 0.3) is 0 Å². The fourth-order valence-corrected chi connectivity index (χ4v) is 2.28. The average Bonchev–Trinajstić information content (AvgIpc) is 2.48. The first-order valence-corrected chi connectivity index (χ1v) is 7.22. The molecule has 0 atom stereocenters. The summed E-state index contributed by atoms with van der Waals surface area (Å²) in [7, 11) is 1.72. The number of carbonyl (C=O) groups is 1. The average molecular weight is 303 g/mol. The van der Waals surface area contributed by atoms with E-state index in [1.165, 1.54) is 5.56 Å². The Balaban J connectivity index is 2.02. The van der Waals surface area contributed by atoms with E-state index in [1.807, 2.05) is 6.92 Å². The number of nitrogens with zero attached hydrogens (tertiary/aromatic N) is 1. The predicted molar refractivity (Wildman–Crippen MR) is 88.8 cm³/mol. The maximum Gasteiger partial charge on any atom is 0.227 e. The molecule has 0 fully saturated rings. The number of nitrogens with two attached hydrogens (primary N) is 1. The lowest BCUT2D eigenvalue weighted by Crippen LogP contribution is -2.27. The normalized spacial score (nSPS) is 10.4. The highest BCUT2D eigenvalue weighted by Crippen LogP contribution is 2.26. The molecule has 0 spiro atoms. The van der Waals surface area contributed by atoms with Crippen molar-refractivity contribution in [1.82, 2.24) is 0 Å². The van der Waals surface area contributed by atoms with Crippen molar-refractivity contribution in [3.63, 3.8) is 0 Å². The molecule has 0 bridgehead atoms. The van der Waals surface area contributed by atoms with Crippen LogP contribution in [0.4, 0.5) is 11.4 Å². The van der Waals surface area contributed by atoms with Gasteiger partial charge in [-0.15, -0.1) is 0 Å². The summed E-state index contributed by atoms with van der Waals surface area (Å²) in [5.41, 5.74) is 9.47. The van der Waals surface area contributed by atoms with Crippen molar-refractivity contribution in [3.05, 3.63) is 58.6 Å². The molecule has 0 aliphatic heterocycles. The number of halogens is 1. The number of rotatable bonds is 4. The van der Waals surface area contributed by atoms with E-state index in [2.05, 4.69) is 24.3 Å². The van der Waals surface area contributed by atoms with E-state index in [1.54, 1.807) is 30.1 Å². The fraction of sp³-hybridized carbons (Fsp3) is 0.235. The third-order valence-electron chi connectivity index (χ3n) is 3.48. The van der Waals surface area contributed by atoms with Gasteiger partial charge in [-0.3, -0.25) is 4.79 Å². The van der Waals surface area contributed by atoms with Crippen LogP contribution in [0, 0.1) is 6.92 Å². The second-order valence-electron chi connectivity index (χ2n) is 5.14. The van der Waals surface area contributed by atoms with Crippen LogP contribution in [0.15, 0.2) is 42.5 Å². The van der Waals surface area contributed by atoms with Crippen LogP contribution >= 0.6 is 11.6 Å². The Morgan fingerprint density at radius 1 is 1.19 bits per heavy atom. The SMILES string of the molecule is Cc1ccc(CCC(=O)N(C)c2cc(Cl)ccc2N)cc1. The molecule has 2 N–H and O–H groups in total. The summed E-state index contributed by atoms with van der Waals surface area (Å²) in [4.78, 5) is 13.8. The molecule has 2 aromatic rings. The van der Waals surface area contributed by atoms with Crippen LogP contribution in [0.3, 0.4) is 0 Å². The Hall–Kier alpha value is -2.00. The number of aryl methyl sites for hydroxylation is 2. The van der Waals surface area contributed by atoms with Crippen molar-refractivity contribution >= 4 is 28.9 Å². The van der Waals surface area contributed by atoms with Crippen LogP contribution in [0.1, 0.15) is 17.5 Å². The number of nitrogen functional groups attached to an aromatic ring is 1. The van der Waals surface area contributed by atoms with E-state index in [9.17, 15) is 4.79 Å². The molecule has 0 unspecified atom stereocenters. The number of anilines is 2. The van der Waals surface area contributed by atoms with Crippen molar-refractivity contribution < 1.29 is 4.79 Å². The van der Waals surface area contributed by atoms with E-state index >= 15 is 0 Å². The number of amides is 1. The van der Waals surface area contributed by atoms with Gasteiger partial charge < -0.3 is 10.6 Å². The van der Waals surface area contributed by atoms with Crippen LogP contribution < -0.4 is 10.6 Å². The van der Waals surface area contributed by atoms with Gasteiger partial charge in [-0.2, -0.15) is 0 Å². The lowest BCUT2D eigenvalue weighted by atomic mass is 10.1. The summed E-state index contributed by atoms with van der Waals surface area (Å²) in [5.74, 6) is 0.0181. The maximum atomic E-state index is 12.3. The first-order valence-electron chi connectivity index (χ1n) is 6.84. The highest BCUT2D eigenvalue weighted by atomic mass is 35.5. The minimum Gasteiger partial charge on any atom is -0.397 e. The van der Waals surface area contributed by atoms with E-state index < -0.39 is 0 Å². The van der Waals surface area contributed by atoms with Gasteiger partial charge in [0, 0.05) is 18.5 Å². The van der Waals surface area contributed by atoms with Crippen molar-refractivity contribution in [2.75, 3.05) is 17.7 Å². The van der Waals surface area contributed by atoms with Gasteiger partial charge in [-0.1, -0.05) is 41.4 Å². The Morgan fingerprint density at radius 2 is 1.86 bits per heavy atom. The highest BCUT2D eigenvalue weighted by molar-refractivity contribution is 6.31. The fourth-order valence-electron chi connectivity index (χ4n) is 2.12. The zero-order valence-corrected chi connectivity index (χ0v) is 13.0. The van der Waals surface area contributed by atoms with Gasteiger partial charge in [0.2, 0.25) is 5.91 Å². The summed E-state index contributed by atoms with van der Waals surface area (Å²) in [6, 6.07) is 13.3. The summed E-state index contributed by atoms with van der Waals surface area (Å²) in [5, 5.41) is 0.567. The summed E-state index contributed by atoms with van der Waals surface area (Å²) in [6.07, 6.45) is 1.15. The Bertz CT molecular complexity index is 638. The van der Waals surface area contributed by atoms with E-state index in [4.69, 9.17) is 17.3 Å². The maximum absolute atomic E-state index is 12.3. The molecular weight excluding hydrogens is 284 g/mol. The monoisotopic (exact) mass is 302 g/mol. The molecule has 3 nitrogen and oxygen atoms in total. The van der Waals surface area contributed by atoms with Gasteiger partial charge in [0.1, 0.15) is 0 Å². The van der Waals surface area contributed by atoms with E-state index in [0.29, 0.717) is 29.2 Å². The van der Waals surface area contributed by atoms with Crippen LogP contribution in [-0.2, 0) is 11.2 Å². The van der Waals surface area contributed by atoms with Crippen LogP contribution in [0.5, 0.6) is 0 Å². The number of carbonyl (C=O) groups excluding carboxylic acids is 1. The first-order chi connectivity index (χ1) is 9.97. The molecule has 2 aromatic carbocycles. The third-order valence-corrected chi connectivity index (χ3v) is 3.71. The smallest absolute Gasteiger partial charge is 0.227 e. The summed E-state index contributed by atoms with van der Waals surface area (Å²) < 4.78 is 0. The Morgan fingerprint density at radius 3 is 2.52 bits per heavy atom. The van der Waals surface area contributed by atoms with Gasteiger partial charge in [0.15, 0.2) is 0 Å². The molecule has 1 amide bonds. The van der Waals surface area contributed by atoms with Crippen molar-refractivity contribution in [3.8, 4) is 0 Å². The Labute approximate surface area is 130 Å². The molecular formula is C17H19ClN2O. The molecule has 0 aliphatic carbocycles. The second-order valence-corrected chi connectivity index (χ2v) is 5.58. The van der Waals surface area contributed by atoms with Gasteiger partial charge in [-0.05, 0) is 37.1 Å². The number of hydrogen-bond acceptors (Lipinski definition) is 2. The highest BCUT2D eigenvalue weighted by Gasteiger charge is 2.14. The third kappa shape index (κ3) is 3.99. The summed E-state index contributed by atoms with van der Waals surface area (Å²) in [6.45, 7) is 2.05. The molecule has 0 aromatic heterocycles. The molecule has 110 valence electrons. The molecule has 0 aliphatic rings. The molecule has 2 rings (SSSR count). The van der Waals surface area contributed by atoms with Gasteiger partial charge in [0.05, 0.1) is 11.4 Å².